The number of hydrogen-bond acceptors (Lipinski definition) is 2. The predicted molar refractivity (Wildman–Crippen MR) is 70.2 cm³/mol. The van der Waals surface area contributed by atoms with Crippen LogP contribution in [-0.2, 0) is 18.3 Å². The van der Waals surface area contributed by atoms with Crippen molar-refractivity contribution in [1.29, 1.82) is 0 Å². The maximum atomic E-state index is 11.5. The summed E-state index contributed by atoms with van der Waals surface area (Å²) in [6, 6.07) is 8.18. The molecule has 0 saturated carbocycles. The monoisotopic (exact) mass is 230 g/mol. The number of rotatable bonds is 4. The molecule has 0 amide bonds. The lowest BCUT2D eigenvalue weighted by molar-refractivity contribution is -0.118. The number of nitrogens with one attached hydrogen (secondary N) is 1. The number of hydrogen-bond donors (Lipinski definition) is 1. The van der Waals surface area contributed by atoms with E-state index >= 15 is 0 Å². The van der Waals surface area contributed by atoms with E-state index in [0.717, 1.165) is 6.42 Å². The van der Waals surface area contributed by atoms with Gasteiger partial charge in [0.05, 0.1) is 6.04 Å². The number of carbonyl (C=O) groups excluding carboxylic acids is 1. The average Bonchev–Trinajstić information content (AvgIpc) is 2.63. The van der Waals surface area contributed by atoms with Crippen LogP contribution in [0.25, 0.3) is 10.9 Å². The van der Waals surface area contributed by atoms with Crippen LogP contribution in [0.1, 0.15) is 12.5 Å². The molecule has 2 aromatic rings. The van der Waals surface area contributed by atoms with Crippen molar-refractivity contribution in [3.8, 4) is 0 Å². The fourth-order valence-electron chi connectivity index (χ4n) is 2.26. The molecule has 1 aromatic heterocycles. The van der Waals surface area contributed by atoms with Gasteiger partial charge in [-0.25, -0.2) is 0 Å². The molecular formula is C14H18N2O. The van der Waals surface area contributed by atoms with Crippen molar-refractivity contribution in [2.24, 2.45) is 7.05 Å². The van der Waals surface area contributed by atoms with E-state index in [4.69, 9.17) is 0 Å². The molecule has 2 rings (SSSR count). The van der Waals surface area contributed by atoms with Crippen LogP contribution in [0, 0.1) is 0 Å². The van der Waals surface area contributed by atoms with Crippen LogP contribution in [0.5, 0.6) is 0 Å². The first-order chi connectivity index (χ1) is 8.13. The summed E-state index contributed by atoms with van der Waals surface area (Å²) in [6.45, 7) is 1.63. The zero-order valence-corrected chi connectivity index (χ0v) is 10.5. The quantitative estimate of drug-likeness (QED) is 0.870. The Bertz CT molecular complexity index is 542. The normalized spacial score (nSPS) is 12.9. The summed E-state index contributed by atoms with van der Waals surface area (Å²) in [5.74, 6) is 0.181. The Kier molecular flexibility index (Phi) is 3.29. The Balaban J connectivity index is 2.39. The summed E-state index contributed by atoms with van der Waals surface area (Å²) in [5.41, 5.74) is 2.43. The van der Waals surface area contributed by atoms with Crippen LogP contribution in [0.2, 0.25) is 0 Å². The molecule has 0 fully saturated rings. The third kappa shape index (κ3) is 2.24. The molecule has 1 atom stereocenters. The van der Waals surface area contributed by atoms with Gasteiger partial charge in [0, 0.05) is 24.1 Å². The topological polar surface area (TPSA) is 34.0 Å². The highest BCUT2D eigenvalue weighted by Crippen LogP contribution is 2.21. The molecule has 0 aliphatic carbocycles. The summed E-state index contributed by atoms with van der Waals surface area (Å²) < 4.78 is 2.11. The number of likely N-dealkylation sites (N-methyl/N-ethyl adjacent to an activating group) is 1. The average molecular weight is 230 g/mol. The van der Waals surface area contributed by atoms with E-state index in [1.807, 2.05) is 26.2 Å². The first-order valence-electron chi connectivity index (χ1n) is 5.84. The van der Waals surface area contributed by atoms with E-state index in [0.29, 0.717) is 0 Å². The van der Waals surface area contributed by atoms with E-state index in [-0.39, 0.29) is 11.8 Å². The van der Waals surface area contributed by atoms with Crippen LogP contribution in [0.3, 0.4) is 0 Å². The van der Waals surface area contributed by atoms with Gasteiger partial charge in [0.2, 0.25) is 0 Å². The summed E-state index contributed by atoms with van der Waals surface area (Å²) in [4.78, 5) is 11.5. The third-order valence-electron chi connectivity index (χ3n) is 3.24. The van der Waals surface area contributed by atoms with Crippen LogP contribution in [-0.4, -0.2) is 23.4 Å². The molecule has 0 bridgehead atoms. The van der Waals surface area contributed by atoms with Gasteiger partial charge in [-0.15, -0.1) is 0 Å². The number of nitrogens with zero attached hydrogens (tertiary/aromatic N) is 1. The van der Waals surface area contributed by atoms with E-state index in [1.165, 1.54) is 16.5 Å². The van der Waals surface area contributed by atoms with E-state index in [1.54, 1.807) is 6.92 Å². The van der Waals surface area contributed by atoms with Gasteiger partial charge in [0.25, 0.3) is 0 Å². The fourth-order valence-corrected chi connectivity index (χ4v) is 2.26. The Labute approximate surface area is 101 Å². The molecule has 0 aliphatic heterocycles. The Morgan fingerprint density at radius 3 is 2.76 bits per heavy atom. The SMILES string of the molecule is CNC(Cc1cn(C)c2ccccc12)C(C)=O. The van der Waals surface area contributed by atoms with Crippen LogP contribution in [0.4, 0.5) is 0 Å². The van der Waals surface area contributed by atoms with Gasteiger partial charge >= 0.3 is 0 Å². The van der Waals surface area contributed by atoms with Crippen LogP contribution < -0.4 is 5.32 Å². The molecule has 1 aromatic carbocycles. The molecule has 90 valence electrons. The molecule has 3 heteroatoms. The zero-order valence-electron chi connectivity index (χ0n) is 10.5. The second-order valence-electron chi connectivity index (χ2n) is 4.44. The molecule has 1 unspecified atom stereocenters. The van der Waals surface area contributed by atoms with Crippen molar-refractivity contribution >= 4 is 16.7 Å². The lowest BCUT2D eigenvalue weighted by atomic mass is 10.0. The van der Waals surface area contributed by atoms with Gasteiger partial charge in [-0.3, -0.25) is 4.79 Å². The standard InChI is InChI=1S/C14H18N2O/c1-10(17)13(15-2)8-11-9-16(3)14-7-5-4-6-12(11)14/h4-7,9,13,15H,8H2,1-3H3. The van der Waals surface area contributed by atoms with E-state index in [2.05, 4.69) is 28.2 Å². The molecule has 0 saturated heterocycles. The largest absolute Gasteiger partial charge is 0.350 e. The van der Waals surface area contributed by atoms with Gasteiger partial charge in [0.1, 0.15) is 5.78 Å². The van der Waals surface area contributed by atoms with Gasteiger partial charge in [-0.1, -0.05) is 18.2 Å². The van der Waals surface area contributed by atoms with Crippen LogP contribution in [0.15, 0.2) is 30.5 Å². The number of benzene rings is 1. The predicted octanol–water partition coefficient (Wildman–Crippen LogP) is 1.90. The summed E-state index contributed by atoms with van der Waals surface area (Å²) in [7, 11) is 3.87. The van der Waals surface area contributed by atoms with Gasteiger partial charge < -0.3 is 9.88 Å². The van der Waals surface area contributed by atoms with Crippen molar-refractivity contribution in [3.05, 3.63) is 36.0 Å². The first kappa shape index (κ1) is 11.9. The minimum Gasteiger partial charge on any atom is -0.350 e. The number of Topliss-reactive ketones (excluding diaryl/α,β-unsaturated/α-hetero) is 1. The molecule has 3 nitrogen and oxygen atoms in total. The minimum absolute atomic E-state index is 0.0965. The lowest BCUT2D eigenvalue weighted by Crippen LogP contribution is -2.34. The second kappa shape index (κ2) is 4.72. The van der Waals surface area contributed by atoms with Gasteiger partial charge in [-0.2, -0.15) is 0 Å². The number of para-hydroxylation sites is 1. The first-order valence-corrected chi connectivity index (χ1v) is 5.84. The highest BCUT2D eigenvalue weighted by Gasteiger charge is 2.15. The molecule has 1 heterocycles. The minimum atomic E-state index is -0.0965. The zero-order chi connectivity index (χ0) is 12.4. The molecule has 17 heavy (non-hydrogen) atoms. The van der Waals surface area contributed by atoms with Crippen LogP contribution >= 0.6 is 0 Å². The summed E-state index contributed by atoms with van der Waals surface area (Å²) >= 11 is 0. The van der Waals surface area contributed by atoms with E-state index in [9.17, 15) is 4.79 Å². The lowest BCUT2D eigenvalue weighted by Gasteiger charge is -2.11. The molecule has 0 radical (unpaired) electrons. The Morgan fingerprint density at radius 2 is 2.12 bits per heavy atom. The number of aryl methyl sites for hydroxylation is 1. The molecule has 0 spiro atoms. The molecule has 1 N–H and O–H groups in total. The number of fused-ring (bicyclic) bond motifs is 1. The smallest absolute Gasteiger partial charge is 0.147 e. The number of ketones is 1. The summed E-state index contributed by atoms with van der Waals surface area (Å²) in [5, 5.41) is 4.30. The van der Waals surface area contributed by atoms with Crippen molar-refractivity contribution in [3.63, 3.8) is 0 Å². The Hall–Kier alpha value is -1.61. The number of carbonyl (C=O) groups is 1. The number of aromatic nitrogens is 1. The molecular weight excluding hydrogens is 212 g/mol. The van der Waals surface area contributed by atoms with Gasteiger partial charge in [0.15, 0.2) is 0 Å². The second-order valence-corrected chi connectivity index (χ2v) is 4.44. The maximum Gasteiger partial charge on any atom is 0.147 e. The highest BCUT2D eigenvalue weighted by molar-refractivity contribution is 5.86. The van der Waals surface area contributed by atoms with Gasteiger partial charge in [-0.05, 0) is 32.0 Å². The summed E-state index contributed by atoms with van der Waals surface area (Å²) in [6.07, 6.45) is 2.85. The van der Waals surface area contributed by atoms with Crippen molar-refractivity contribution in [1.82, 2.24) is 9.88 Å². The van der Waals surface area contributed by atoms with E-state index < -0.39 is 0 Å². The highest BCUT2D eigenvalue weighted by atomic mass is 16.1. The maximum absolute atomic E-state index is 11.5. The fraction of sp³-hybridized carbons (Fsp3) is 0.357. The third-order valence-corrected chi connectivity index (χ3v) is 3.24. The van der Waals surface area contributed by atoms with Crippen molar-refractivity contribution < 1.29 is 4.79 Å². The van der Waals surface area contributed by atoms with Crippen molar-refractivity contribution in [2.45, 2.75) is 19.4 Å². The Morgan fingerprint density at radius 1 is 1.41 bits per heavy atom. The molecule has 0 aliphatic rings. The van der Waals surface area contributed by atoms with Crippen molar-refractivity contribution in [2.75, 3.05) is 7.05 Å².